The number of hydrogen-bond acceptors (Lipinski definition) is 3. The predicted molar refractivity (Wildman–Crippen MR) is 100 cm³/mol. The molecule has 1 heterocycles. The third kappa shape index (κ3) is 4.42. The monoisotopic (exact) mass is 380 g/mol. The Labute approximate surface area is 156 Å². The van der Waals surface area contributed by atoms with Crippen molar-refractivity contribution in [1.82, 2.24) is 9.62 Å². The summed E-state index contributed by atoms with van der Waals surface area (Å²) in [4.78, 5) is 0.941. The molecule has 2 nitrogen and oxygen atoms in total. The van der Waals surface area contributed by atoms with Gasteiger partial charge in [0.15, 0.2) is 0 Å². The predicted octanol–water partition coefficient (Wildman–Crippen LogP) is 4.93. The van der Waals surface area contributed by atoms with E-state index in [9.17, 15) is 13.2 Å². The van der Waals surface area contributed by atoms with Gasteiger partial charge in [0.05, 0.1) is 12.0 Å². The quantitative estimate of drug-likeness (QED) is 0.741. The fraction of sp³-hybridized carbons (Fsp3) is 0.400. The SMILES string of the molecule is Cc1ccc(C2(N(C)Sc3ccc(CC(F)(F)F)cc3)CCNC2)cc1. The first kappa shape index (κ1) is 19.3. The summed E-state index contributed by atoms with van der Waals surface area (Å²) in [6, 6.07) is 15.3. The molecule has 6 heteroatoms. The summed E-state index contributed by atoms with van der Waals surface area (Å²) in [5.41, 5.74) is 2.66. The van der Waals surface area contributed by atoms with Crippen LogP contribution in [0, 0.1) is 6.92 Å². The first-order chi connectivity index (χ1) is 12.3. The van der Waals surface area contributed by atoms with Gasteiger partial charge in [-0.3, -0.25) is 0 Å². The Morgan fingerprint density at radius 2 is 1.73 bits per heavy atom. The second-order valence-corrected chi connectivity index (χ2v) is 8.05. The van der Waals surface area contributed by atoms with Crippen molar-refractivity contribution >= 4 is 11.9 Å². The highest BCUT2D eigenvalue weighted by atomic mass is 32.2. The van der Waals surface area contributed by atoms with Gasteiger partial charge < -0.3 is 5.32 Å². The van der Waals surface area contributed by atoms with Crippen LogP contribution >= 0.6 is 11.9 Å². The molecule has 0 aromatic heterocycles. The van der Waals surface area contributed by atoms with Gasteiger partial charge in [0, 0.05) is 11.4 Å². The summed E-state index contributed by atoms with van der Waals surface area (Å²) in [7, 11) is 2.06. The number of aryl methyl sites for hydroxylation is 1. The van der Waals surface area contributed by atoms with Crippen LogP contribution in [0.1, 0.15) is 23.1 Å². The Morgan fingerprint density at radius 3 is 2.27 bits per heavy atom. The molecule has 1 N–H and O–H groups in total. The fourth-order valence-corrected chi connectivity index (χ4v) is 4.39. The molecule has 0 radical (unpaired) electrons. The van der Waals surface area contributed by atoms with E-state index in [0.717, 1.165) is 24.4 Å². The topological polar surface area (TPSA) is 15.3 Å². The second kappa shape index (κ2) is 7.62. The summed E-state index contributed by atoms with van der Waals surface area (Å²) in [5.74, 6) is 0. The molecule has 2 aromatic rings. The van der Waals surface area contributed by atoms with Gasteiger partial charge in [-0.25, -0.2) is 4.31 Å². The number of hydrogen-bond donors (Lipinski definition) is 1. The van der Waals surface area contributed by atoms with Crippen molar-refractivity contribution < 1.29 is 13.2 Å². The van der Waals surface area contributed by atoms with Crippen LogP contribution in [0.5, 0.6) is 0 Å². The lowest BCUT2D eigenvalue weighted by atomic mass is 9.88. The molecule has 1 atom stereocenters. The zero-order valence-electron chi connectivity index (χ0n) is 14.9. The molecule has 0 bridgehead atoms. The third-order valence-electron chi connectivity index (χ3n) is 4.89. The molecule has 26 heavy (non-hydrogen) atoms. The van der Waals surface area contributed by atoms with Gasteiger partial charge in [0.25, 0.3) is 0 Å². The van der Waals surface area contributed by atoms with Gasteiger partial charge in [0.2, 0.25) is 0 Å². The van der Waals surface area contributed by atoms with Crippen LogP contribution in [0.25, 0.3) is 0 Å². The van der Waals surface area contributed by atoms with Crippen molar-refractivity contribution in [2.24, 2.45) is 0 Å². The summed E-state index contributed by atoms with van der Waals surface area (Å²) in [6.07, 6.45) is -4.06. The van der Waals surface area contributed by atoms with Crippen LogP contribution in [0.4, 0.5) is 13.2 Å². The van der Waals surface area contributed by atoms with E-state index in [4.69, 9.17) is 0 Å². The van der Waals surface area contributed by atoms with Crippen molar-refractivity contribution in [3.05, 3.63) is 65.2 Å². The van der Waals surface area contributed by atoms with Gasteiger partial charge in [-0.1, -0.05) is 42.0 Å². The third-order valence-corrected chi connectivity index (χ3v) is 6.00. The zero-order chi connectivity index (χ0) is 18.8. The van der Waals surface area contributed by atoms with E-state index in [1.165, 1.54) is 11.1 Å². The average Bonchev–Trinajstić information content (AvgIpc) is 3.07. The Morgan fingerprint density at radius 1 is 1.08 bits per heavy atom. The first-order valence-electron chi connectivity index (χ1n) is 8.64. The number of likely N-dealkylation sites (N-methyl/N-ethyl adjacent to an activating group) is 1. The molecule has 0 aliphatic carbocycles. The van der Waals surface area contributed by atoms with E-state index in [1.54, 1.807) is 36.2 Å². The molecule has 1 aliphatic rings. The maximum absolute atomic E-state index is 12.5. The van der Waals surface area contributed by atoms with Gasteiger partial charge in [-0.2, -0.15) is 13.2 Å². The molecule has 0 saturated carbocycles. The molecule has 1 unspecified atom stereocenters. The zero-order valence-corrected chi connectivity index (χ0v) is 15.8. The number of nitrogens with zero attached hydrogens (tertiary/aromatic N) is 1. The fourth-order valence-electron chi connectivity index (χ4n) is 3.38. The summed E-state index contributed by atoms with van der Waals surface area (Å²) < 4.78 is 39.7. The van der Waals surface area contributed by atoms with Crippen LogP contribution in [0.15, 0.2) is 53.4 Å². The Kier molecular flexibility index (Phi) is 5.65. The van der Waals surface area contributed by atoms with E-state index >= 15 is 0 Å². The smallest absolute Gasteiger partial charge is 0.314 e. The van der Waals surface area contributed by atoms with Crippen LogP contribution in [-0.4, -0.2) is 30.6 Å². The lowest BCUT2D eigenvalue weighted by Gasteiger charge is -2.38. The van der Waals surface area contributed by atoms with Gasteiger partial charge in [0.1, 0.15) is 0 Å². The minimum absolute atomic E-state index is 0.122. The largest absolute Gasteiger partial charge is 0.393 e. The summed E-state index contributed by atoms with van der Waals surface area (Å²) in [5, 5.41) is 3.45. The van der Waals surface area contributed by atoms with Gasteiger partial charge in [-0.05, 0) is 62.1 Å². The molecule has 1 aliphatic heterocycles. The molecular weight excluding hydrogens is 357 g/mol. The maximum atomic E-state index is 12.5. The maximum Gasteiger partial charge on any atom is 0.393 e. The van der Waals surface area contributed by atoms with E-state index in [0.29, 0.717) is 5.56 Å². The van der Waals surface area contributed by atoms with Gasteiger partial charge >= 0.3 is 6.18 Å². The highest BCUT2D eigenvalue weighted by Crippen LogP contribution is 2.40. The Bertz CT molecular complexity index is 720. The minimum Gasteiger partial charge on any atom is -0.314 e. The molecule has 2 aromatic carbocycles. The first-order valence-corrected chi connectivity index (χ1v) is 9.41. The number of benzene rings is 2. The molecule has 0 amide bonds. The van der Waals surface area contributed by atoms with Gasteiger partial charge in [-0.15, -0.1) is 0 Å². The van der Waals surface area contributed by atoms with Crippen LogP contribution in [-0.2, 0) is 12.0 Å². The lowest BCUT2D eigenvalue weighted by Crippen LogP contribution is -2.41. The summed E-state index contributed by atoms with van der Waals surface area (Å²) >= 11 is 1.58. The normalized spacial score (nSPS) is 20.7. The van der Waals surface area contributed by atoms with Crippen molar-refractivity contribution in [2.75, 3.05) is 20.1 Å². The Hall–Kier alpha value is -1.50. The molecule has 3 rings (SSSR count). The van der Waals surface area contributed by atoms with Crippen molar-refractivity contribution in [2.45, 2.75) is 36.4 Å². The van der Waals surface area contributed by atoms with E-state index in [-0.39, 0.29) is 5.54 Å². The molecule has 1 fully saturated rings. The van der Waals surface area contributed by atoms with Crippen LogP contribution in [0.2, 0.25) is 0 Å². The number of rotatable bonds is 5. The van der Waals surface area contributed by atoms with E-state index in [2.05, 4.69) is 47.9 Å². The van der Waals surface area contributed by atoms with E-state index in [1.807, 2.05) is 0 Å². The molecular formula is C20H23F3N2S. The lowest BCUT2D eigenvalue weighted by molar-refractivity contribution is -0.127. The summed E-state index contributed by atoms with van der Waals surface area (Å²) in [6.45, 7) is 3.87. The van der Waals surface area contributed by atoms with Crippen LogP contribution < -0.4 is 5.32 Å². The van der Waals surface area contributed by atoms with E-state index < -0.39 is 12.6 Å². The highest BCUT2D eigenvalue weighted by molar-refractivity contribution is 7.97. The molecule has 140 valence electrons. The Balaban J connectivity index is 1.76. The van der Waals surface area contributed by atoms with Crippen molar-refractivity contribution in [3.63, 3.8) is 0 Å². The number of alkyl halides is 3. The van der Waals surface area contributed by atoms with Crippen molar-refractivity contribution in [3.8, 4) is 0 Å². The minimum atomic E-state index is -4.17. The highest BCUT2D eigenvalue weighted by Gasteiger charge is 2.40. The molecule has 1 saturated heterocycles. The number of nitrogens with one attached hydrogen (secondary N) is 1. The molecule has 0 spiro atoms. The standard InChI is InChI=1S/C20H23F3N2S/c1-15-3-7-17(8-4-15)19(11-12-24-14-19)25(2)26-18-9-5-16(6-10-18)13-20(21,22)23/h3-10,24H,11-14H2,1-2H3. The average molecular weight is 380 g/mol. The number of halogens is 3. The van der Waals surface area contributed by atoms with Crippen LogP contribution in [0.3, 0.4) is 0 Å². The second-order valence-electron chi connectivity index (χ2n) is 6.85. The van der Waals surface area contributed by atoms with Crippen molar-refractivity contribution in [1.29, 1.82) is 0 Å².